The van der Waals surface area contributed by atoms with Crippen molar-refractivity contribution in [1.82, 2.24) is 4.98 Å². The first kappa shape index (κ1) is 36.9. The Morgan fingerprint density at radius 3 is 1.15 bits per heavy atom. The van der Waals surface area contributed by atoms with E-state index in [1.165, 1.54) is 11.1 Å². The molecule has 3 rings (SSSR count). The van der Waals surface area contributed by atoms with Crippen LogP contribution in [0.3, 0.4) is 0 Å². The zero-order valence-corrected chi connectivity index (χ0v) is 24.7. The Morgan fingerprint density at radius 1 is 0.647 bits per heavy atom. The molecular weight excluding hydrogens is 501 g/mol. The number of rotatable bonds is 0. The van der Waals surface area contributed by atoms with Crippen molar-refractivity contribution in [2.45, 2.75) is 66.2 Å². The molecule has 0 saturated carbocycles. The van der Waals surface area contributed by atoms with Crippen LogP contribution < -0.4 is 24.8 Å². The molecule has 3 aromatic rings. The van der Waals surface area contributed by atoms with E-state index in [0.717, 1.165) is 11.1 Å². The number of phenols is 2. The van der Waals surface area contributed by atoms with Gasteiger partial charge >= 0.3 is 24.8 Å². The molecule has 1 heterocycles. The molecule has 0 fully saturated rings. The van der Waals surface area contributed by atoms with Crippen LogP contribution in [0.15, 0.2) is 67.0 Å². The Labute approximate surface area is 230 Å². The van der Waals surface area contributed by atoms with Gasteiger partial charge in [0.1, 0.15) is 11.5 Å². The van der Waals surface area contributed by atoms with Gasteiger partial charge in [-0.2, -0.15) is 0 Å². The molecule has 2 aromatic carbocycles. The van der Waals surface area contributed by atoms with Crippen LogP contribution in [-0.2, 0) is 30.8 Å². The van der Waals surface area contributed by atoms with Crippen molar-refractivity contribution in [2.75, 3.05) is 0 Å². The summed E-state index contributed by atoms with van der Waals surface area (Å²) in [5.41, 5.74) is 4.46. The molecule has 188 valence electrons. The molecule has 0 spiro atoms. The molecule has 0 unspecified atom stereocenters. The van der Waals surface area contributed by atoms with Gasteiger partial charge in [0.15, 0.2) is 0 Å². The maximum atomic E-state index is 9.57. The third-order valence-corrected chi connectivity index (χ3v) is 4.49. The molecule has 0 amide bonds. The SMILES string of the molecule is Cc1ccc(O)c(C(C)(C)C)c1.Cc1ccc(O)c(C(C)(C)C)c1.[CH2]=[Ti].[Cl-].[Cl-].c1ccncc1. The van der Waals surface area contributed by atoms with Crippen molar-refractivity contribution >= 4 is 4.82 Å². The maximum Gasteiger partial charge on any atom is 0.0267 e. The van der Waals surface area contributed by atoms with Crippen molar-refractivity contribution in [1.29, 1.82) is 0 Å². The average molecular weight is 540 g/mol. The van der Waals surface area contributed by atoms with Crippen LogP contribution in [0.4, 0.5) is 0 Å². The minimum absolute atomic E-state index is 0. The number of nitrogens with zero attached hydrogens (tertiary/aromatic N) is 1. The van der Waals surface area contributed by atoms with E-state index < -0.39 is 0 Å². The van der Waals surface area contributed by atoms with E-state index in [0.29, 0.717) is 11.5 Å². The predicted molar refractivity (Wildman–Crippen MR) is 134 cm³/mol. The molecule has 0 radical (unpaired) electrons. The molecule has 0 aliphatic rings. The first-order chi connectivity index (χ1) is 14.8. The third-order valence-electron chi connectivity index (χ3n) is 4.49. The summed E-state index contributed by atoms with van der Waals surface area (Å²) in [6.07, 6.45) is 3.50. The molecule has 34 heavy (non-hydrogen) atoms. The van der Waals surface area contributed by atoms with Gasteiger partial charge in [-0.1, -0.05) is 83.0 Å². The molecular formula is C28H39Cl2NO2Ti-2. The number of phenolic OH excluding ortho intramolecular Hbond substituents is 2. The smallest absolute Gasteiger partial charge is 0.0267 e. The van der Waals surface area contributed by atoms with Crippen molar-refractivity contribution in [3.8, 4) is 11.5 Å². The standard InChI is InChI=1S/2C11H16O.C5H5N.CH2.2ClH.Ti/c2*1-8-5-6-10(12)9(7-8)11(2,3)4;1-2-4-6-5-3-1;;;;/h2*5-7,12H,1-4H3;1-5H;1H2;2*1H;/p-2. The van der Waals surface area contributed by atoms with Crippen LogP contribution in [0.1, 0.15) is 63.8 Å². The van der Waals surface area contributed by atoms with Crippen LogP contribution in [0, 0.1) is 13.8 Å². The van der Waals surface area contributed by atoms with Gasteiger partial charge in [0.05, 0.1) is 0 Å². The van der Waals surface area contributed by atoms with Crippen molar-refractivity contribution < 1.29 is 55.0 Å². The number of halogens is 2. The minimum atomic E-state index is 0. The van der Waals surface area contributed by atoms with Crippen LogP contribution in [0.25, 0.3) is 0 Å². The fourth-order valence-corrected chi connectivity index (χ4v) is 2.81. The summed E-state index contributed by atoms with van der Waals surface area (Å²) in [5, 5.41) is 19.1. The van der Waals surface area contributed by atoms with E-state index in [1.807, 2.05) is 56.3 Å². The third kappa shape index (κ3) is 14.6. The van der Waals surface area contributed by atoms with E-state index in [1.54, 1.807) is 44.5 Å². The number of benzene rings is 2. The zero-order chi connectivity index (χ0) is 24.9. The Balaban J connectivity index is -0.000000414. The van der Waals surface area contributed by atoms with Gasteiger partial charge in [0.2, 0.25) is 0 Å². The number of pyridine rings is 1. The summed E-state index contributed by atoms with van der Waals surface area (Å²) in [5.74, 6) is 0.793. The summed E-state index contributed by atoms with van der Waals surface area (Å²) in [7, 11) is 0. The number of hydrogen-bond acceptors (Lipinski definition) is 3. The molecule has 0 aliphatic heterocycles. The molecule has 0 bridgehead atoms. The largest absolute Gasteiger partial charge is 1.00 e. The molecule has 1 aromatic heterocycles. The summed E-state index contributed by atoms with van der Waals surface area (Å²) in [4.78, 5) is 7.03. The monoisotopic (exact) mass is 539 g/mol. The Morgan fingerprint density at radius 2 is 0.971 bits per heavy atom. The van der Waals surface area contributed by atoms with Gasteiger partial charge in [-0.25, -0.2) is 0 Å². The summed E-state index contributed by atoms with van der Waals surface area (Å²) in [6.45, 7) is 16.7. The van der Waals surface area contributed by atoms with E-state index in [9.17, 15) is 10.2 Å². The molecule has 0 aliphatic carbocycles. The fraction of sp³-hybridized carbons (Fsp3) is 0.357. The summed E-state index contributed by atoms with van der Waals surface area (Å²) >= 11 is 1.75. The number of aromatic nitrogens is 1. The molecule has 2 N–H and O–H groups in total. The molecule has 0 atom stereocenters. The van der Waals surface area contributed by atoms with Gasteiger partial charge in [0, 0.05) is 12.4 Å². The normalized spacial score (nSPS) is 9.74. The van der Waals surface area contributed by atoms with Gasteiger partial charge < -0.3 is 35.0 Å². The van der Waals surface area contributed by atoms with Crippen molar-refractivity contribution in [3.63, 3.8) is 0 Å². The van der Waals surface area contributed by atoms with Crippen LogP contribution >= 0.6 is 0 Å². The van der Waals surface area contributed by atoms with Crippen molar-refractivity contribution in [3.05, 3.63) is 89.2 Å². The second-order valence-electron chi connectivity index (χ2n) is 9.57. The Bertz CT molecular complexity index is 849. The van der Waals surface area contributed by atoms with Crippen LogP contribution in [0.2, 0.25) is 0 Å². The van der Waals surface area contributed by atoms with E-state index >= 15 is 0 Å². The predicted octanol–water partition coefficient (Wildman–Crippen LogP) is 1.05. The van der Waals surface area contributed by atoms with Gasteiger partial charge in [0.25, 0.3) is 0 Å². The van der Waals surface area contributed by atoms with Gasteiger partial charge in [-0.05, 0) is 60.1 Å². The topological polar surface area (TPSA) is 53.4 Å². The van der Waals surface area contributed by atoms with Crippen molar-refractivity contribution in [2.24, 2.45) is 0 Å². The fourth-order valence-electron chi connectivity index (χ4n) is 2.81. The quantitative estimate of drug-likeness (QED) is 0.420. The van der Waals surface area contributed by atoms with Gasteiger partial charge in [-0.15, -0.1) is 0 Å². The number of hydrogen-bond donors (Lipinski definition) is 2. The number of aromatic hydroxyl groups is 2. The van der Waals surface area contributed by atoms with Gasteiger partial charge in [-0.3, -0.25) is 4.98 Å². The summed E-state index contributed by atoms with van der Waals surface area (Å²) < 4.78 is 0. The van der Waals surface area contributed by atoms with E-state index in [2.05, 4.69) is 51.3 Å². The first-order valence-electron chi connectivity index (χ1n) is 10.6. The average Bonchev–Trinajstić information content (AvgIpc) is 2.74. The molecule has 3 nitrogen and oxygen atoms in total. The Hall–Kier alpha value is -1.65. The number of aryl methyl sites for hydroxylation is 2. The van der Waals surface area contributed by atoms with Crippen LogP contribution in [-0.4, -0.2) is 20.0 Å². The minimum Gasteiger partial charge on any atom is -1.00 e. The second kappa shape index (κ2) is 17.7. The second-order valence-corrected chi connectivity index (χ2v) is 9.57. The van der Waals surface area contributed by atoms with Crippen LogP contribution in [0.5, 0.6) is 11.5 Å². The molecule has 6 heteroatoms. The van der Waals surface area contributed by atoms with E-state index in [4.69, 9.17) is 0 Å². The summed E-state index contributed by atoms with van der Waals surface area (Å²) in [6, 6.07) is 17.2. The Kier molecular flexibility index (Phi) is 19.3. The first-order valence-corrected chi connectivity index (χ1v) is 11.7. The zero-order valence-electron chi connectivity index (χ0n) is 21.7. The van der Waals surface area contributed by atoms with E-state index in [-0.39, 0.29) is 35.6 Å². The maximum absolute atomic E-state index is 9.57. The molecule has 0 saturated heterocycles.